The van der Waals surface area contributed by atoms with Crippen molar-refractivity contribution < 1.29 is 4.74 Å². The lowest BCUT2D eigenvalue weighted by atomic mass is 10.1. The van der Waals surface area contributed by atoms with Gasteiger partial charge in [0.15, 0.2) is 0 Å². The van der Waals surface area contributed by atoms with Crippen LogP contribution in [0.25, 0.3) is 17.0 Å². The van der Waals surface area contributed by atoms with Crippen LogP contribution < -0.4 is 9.80 Å². The van der Waals surface area contributed by atoms with Gasteiger partial charge in [0, 0.05) is 35.3 Å². The Kier molecular flexibility index (Phi) is 8.19. The highest BCUT2D eigenvalue weighted by Gasteiger charge is 2.24. The van der Waals surface area contributed by atoms with Crippen molar-refractivity contribution in [3.05, 3.63) is 167 Å². The van der Waals surface area contributed by atoms with Crippen LogP contribution in [0.5, 0.6) is 0 Å². The lowest BCUT2D eigenvalue weighted by Gasteiger charge is -2.32. The molecule has 0 spiro atoms. The van der Waals surface area contributed by atoms with Crippen molar-refractivity contribution in [1.82, 2.24) is 0 Å². The van der Waals surface area contributed by atoms with Crippen molar-refractivity contribution in [3.8, 4) is 6.07 Å². The maximum Gasteiger partial charge on any atom is 0.269 e. The van der Waals surface area contributed by atoms with Gasteiger partial charge in [-0.1, -0.05) is 72.4 Å². The zero-order chi connectivity index (χ0) is 30.5. The number of allylic oxidation sites excluding steroid dienone is 6. The minimum absolute atomic E-state index is 0.0186. The van der Waals surface area contributed by atoms with Crippen LogP contribution in [0.15, 0.2) is 154 Å². The average Bonchev–Trinajstić information content (AvgIpc) is 3.06. The molecule has 0 saturated heterocycles. The van der Waals surface area contributed by atoms with E-state index < -0.39 is 0 Å². The molecule has 4 aromatic carbocycles. The van der Waals surface area contributed by atoms with Crippen molar-refractivity contribution >= 4 is 46.7 Å². The molecule has 0 radical (unpaired) electrons. The second kappa shape index (κ2) is 12.7. The van der Waals surface area contributed by atoms with Gasteiger partial charge in [-0.3, -0.25) is 0 Å². The molecule has 0 N–H and O–H groups in total. The number of hydrogen-bond acceptors (Lipinski definition) is 5. The number of nitriles is 1. The van der Waals surface area contributed by atoms with Crippen molar-refractivity contribution in [2.75, 3.05) is 23.9 Å². The molecule has 0 saturated carbocycles. The quantitative estimate of drug-likeness (QED) is 0.146. The standard InChI is InChI=1S/C38H28N4OS/c1-40-34(26-39)29-24-32(22-16-27-12-18-30(19-13-27)41(2)3)43-33(25-29)23-17-28-14-20-31(21-15-28)42-35-8-4-6-10-37(35)44-38-11-7-5-9-36(38)42/h4-25H,2-3H3. The van der Waals surface area contributed by atoms with Crippen LogP contribution in [-0.4, -0.2) is 14.1 Å². The zero-order valence-electron chi connectivity index (χ0n) is 24.3. The predicted molar refractivity (Wildman–Crippen MR) is 181 cm³/mol. The Balaban J connectivity index is 1.24. The molecule has 4 aromatic rings. The first-order chi connectivity index (χ1) is 21.5. The molecule has 0 amide bonds. The van der Waals surface area contributed by atoms with Gasteiger partial charge < -0.3 is 14.5 Å². The van der Waals surface area contributed by atoms with Gasteiger partial charge in [-0.05, 0) is 89.5 Å². The van der Waals surface area contributed by atoms with E-state index in [2.05, 4.69) is 94.7 Å². The van der Waals surface area contributed by atoms with Crippen LogP contribution in [0.2, 0.25) is 0 Å². The van der Waals surface area contributed by atoms with Gasteiger partial charge in [-0.15, -0.1) is 0 Å². The number of para-hydroxylation sites is 2. The molecule has 212 valence electrons. The van der Waals surface area contributed by atoms with E-state index in [1.54, 1.807) is 23.9 Å². The van der Waals surface area contributed by atoms with Crippen molar-refractivity contribution in [3.63, 3.8) is 0 Å². The van der Waals surface area contributed by atoms with Crippen LogP contribution in [0.3, 0.4) is 0 Å². The number of anilines is 4. The zero-order valence-corrected chi connectivity index (χ0v) is 25.1. The minimum Gasteiger partial charge on any atom is -0.457 e. The SMILES string of the molecule is [C-]#[N+]C(C#N)=C1C=C(C=Cc2ccc(N(C)C)cc2)OC(C=Cc2ccc(N3c4ccccc4Sc4ccccc43)cc2)=C1. The van der Waals surface area contributed by atoms with Gasteiger partial charge in [0.1, 0.15) is 11.5 Å². The number of nitrogens with zero attached hydrogens (tertiary/aromatic N) is 4. The van der Waals surface area contributed by atoms with E-state index in [1.807, 2.05) is 61.5 Å². The predicted octanol–water partition coefficient (Wildman–Crippen LogP) is 9.91. The van der Waals surface area contributed by atoms with Gasteiger partial charge in [0.05, 0.1) is 24.0 Å². The number of ether oxygens (including phenoxy) is 1. The summed E-state index contributed by atoms with van der Waals surface area (Å²) in [4.78, 5) is 10.2. The van der Waals surface area contributed by atoms with Crippen LogP contribution in [0.1, 0.15) is 11.1 Å². The Morgan fingerprint density at radius 3 is 1.80 bits per heavy atom. The van der Waals surface area contributed by atoms with Gasteiger partial charge >= 0.3 is 0 Å². The third-order valence-corrected chi connectivity index (χ3v) is 8.33. The second-order valence-corrected chi connectivity index (χ2v) is 11.4. The highest BCUT2D eigenvalue weighted by molar-refractivity contribution is 7.99. The topological polar surface area (TPSA) is 43.9 Å². The van der Waals surface area contributed by atoms with E-state index in [0.717, 1.165) is 33.9 Å². The van der Waals surface area contributed by atoms with E-state index >= 15 is 0 Å². The molecule has 0 aliphatic carbocycles. The minimum atomic E-state index is 0.0186. The first-order valence-electron chi connectivity index (χ1n) is 14.0. The summed E-state index contributed by atoms with van der Waals surface area (Å²) in [6.45, 7) is 7.45. The third kappa shape index (κ3) is 6.08. The highest BCUT2D eigenvalue weighted by atomic mass is 32.2. The normalized spacial score (nSPS) is 15.0. The molecule has 0 unspecified atom stereocenters. The molecule has 44 heavy (non-hydrogen) atoms. The number of rotatable bonds is 6. The number of fused-ring (bicyclic) bond motifs is 2. The molecule has 0 bridgehead atoms. The Morgan fingerprint density at radius 2 is 1.30 bits per heavy atom. The van der Waals surface area contributed by atoms with E-state index in [0.29, 0.717) is 17.1 Å². The van der Waals surface area contributed by atoms with Gasteiger partial charge in [-0.2, -0.15) is 0 Å². The third-order valence-electron chi connectivity index (χ3n) is 7.20. The molecule has 6 heteroatoms. The maximum atomic E-state index is 9.53. The fourth-order valence-electron chi connectivity index (χ4n) is 4.96. The van der Waals surface area contributed by atoms with Crippen LogP contribution in [0.4, 0.5) is 22.7 Å². The van der Waals surface area contributed by atoms with E-state index in [9.17, 15) is 5.26 Å². The molecule has 5 nitrogen and oxygen atoms in total. The first kappa shape index (κ1) is 28.4. The summed E-state index contributed by atoms with van der Waals surface area (Å²) in [5.41, 5.74) is 7.06. The van der Waals surface area contributed by atoms with Crippen LogP contribution in [-0.2, 0) is 4.74 Å². The molecular weight excluding hydrogens is 561 g/mol. The fourth-order valence-corrected chi connectivity index (χ4v) is 6.01. The molecule has 2 aliphatic rings. The Morgan fingerprint density at radius 1 is 0.773 bits per heavy atom. The molecule has 2 aliphatic heterocycles. The van der Waals surface area contributed by atoms with Crippen molar-refractivity contribution in [2.45, 2.75) is 9.79 Å². The lowest BCUT2D eigenvalue weighted by molar-refractivity contribution is 0.332. The smallest absolute Gasteiger partial charge is 0.269 e. The van der Waals surface area contributed by atoms with Crippen molar-refractivity contribution in [1.29, 1.82) is 5.26 Å². The summed E-state index contributed by atoms with van der Waals surface area (Å²) in [6.07, 6.45) is 11.1. The van der Waals surface area contributed by atoms with E-state index in [4.69, 9.17) is 11.3 Å². The largest absolute Gasteiger partial charge is 0.457 e. The average molecular weight is 589 g/mol. The maximum absolute atomic E-state index is 9.53. The Bertz CT molecular complexity index is 1890. The summed E-state index contributed by atoms with van der Waals surface area (Å²) in [6, 6.07) is 35.5. The monoisotopic (exact) mass is 588 g/mol. The number of hydrogen-bond donors (Lipinski definition) is 0. The number of benzene rings is 4. The van der Waals surface area contributed by atoms with Crippen molar-refractivity contribution in [2.24, 2.45) is 0 Å². The van der Waals surface area contributed by atoms with Gasteiger partial charge in [-0.25, -0.2) is 10.1 Å². The molecule has 6 rings (SSSR count). The Hall–Kier alpha value is -5.69. The first-order valence-corrected chi connectivity index (χ1v) is 14.9. The van der Waals surface area contributed by atoms with Gasteiger partial charge in [0.2, 0.25) is 0 Å². The van der Waals surface area contributed by atoms with E-state index in [1.165, 1.54) is 9.79 Å². The summed E-state index contributed by atoms with van der Waals surface area (Å²) in [5, 5.41) is 9.53. The van der Waals surface area contributed by atoms with Gasteiger partial charge in [0.25, 0.3) is 5.70 Å². The Labute approximate surface area is 262 Å². The van der Waals surface area contributed by atoms with E-state index in [-0.39, 0.29) is 5.70 Å². The van der Waals surface area contributed by atoms with Crippen LogP contribution >= 0.6 is 11.8 Å². The fraction of sp³-hybridized carbons (Fsp3) is 0.0526. The van der Waals surface area contributed by atoms with Crippen LogP contribution in [0, 0.1) is 17.9 Å². The summed E-state index contributed by atoms with van der Waals surface area (Å²) in [7, 11) is 4.01. The molecular formula is C38H28N4OS. The second-order valence-electron chi connectivity index (χ2n) is 10.3. The highest BCUT2D eigenvalue weighted by Crippen LogP contribution is 2.51. The summed E-state index contributed by atoms with van der Waals surface area (Å²) >= 11 is 1.79. The molecule has 0 aromatic heterocycles. The lowest BCUT2D eigenvalue weighted by Crippen LogP contribution is -2.14. The summed E-state index contributed by atoms with van der Waals surface area (Å²) in [5.74, 6) is 1.09. The molecule has 0 fully saturated rings. The molecule has 0 atom stereocenters. The summed E-state index contributed by atoms with van der Waals surface area (Å²) < 4.78 is 6.14. The molecule has 2 heterocycles.